The average molecular weight is 278 g/mol. The third kappa shape index (κ3) is 3.64. The van der Waals surface area contributed by atoms with Gasteiger partial charge in [-0.1, -0.05) is 13.8 Å². The lowest BCUT2D eigenvalue weighted by atomic mass is 10.2. The highest BCUT2D eigenvalue weighted by atomic mass is 15.3. The second-order valence-corrected chi connectivity index (χ2v) is 5.18. The fourth-order valence-corrected chi connectivity index (χ4v) is 2.64. The number of hydrogen-bond donors (Lipinski definition) is 1. The van der Waals surface area contributed by atoms with Crippen LogP contribution in [0.25, 0.3) is 0 Å². The summed E-state index contributed by atoms with van der Waals surface area (Å²) in [6.45, 7) is 10.0. The zero-order valence-electron chi connectivity index (χ0n) is 12.7. The summed E-state index contributed by atoms with van der Waals surface area (Å²) >= 11 is 0. The van der Waals surface area contributed by atoms with Crippen molar-refractivity contribution in [2.75, 3.05) is 44.2 Å². The molecule has 2 rings (SSSR count). The van der Waals surface area contributed by atoms with Gasteiger partial charge in [0.15, 0.2) is 0 Å². The Kier molecular flexibility index (Phi) is 5.67. The Bertz CT molecular complexity index is 422. The van der Waals surface area contributed by atoms with Gasteiger partial charge in [0.2, 0.25) is 5.95 Å². The van der Waals surface area contributed by atoms with Crippen molar-refractivity contribution in [3.63, 3.8) is 0 Å². The predicted octanol–water partition coefficient (Wildman–Crippen LogP) is 0.467. The van der Waals surface area contributed by atoms with Crippen molar-refractivity contribution in [2.45, 2.75) is 33.1 Å². The normalized spacial score (nSPS) is 17.2. The highest BCUT2D eigenvalue weighted by molar-refractivity contribution is 5.30. The topological polar surface area (TPSA) is 71.2 Å². The second-order valence-electron chi connectivity index (χ2n) is 5.18. The summed E-state index contributed by atoms with van der Waals surface area (Å²) < 4.78 is 0. The number of hydrogen-bond acceptors (Lipinski definition) is 6. The van der Waals surface area contributed by atoms with E-state index in [0.717, 1.165) is 75.9 Å². The highest BCUT2D eigenvalue weighted by Crippen LogP contribution is 2.13. The van der Waals surface area contributed by atoms with Crippen LogP contribution in [0.15, 0.2) is 0 Å². The van der Waals surface area contributed by atoms with Gasteiger partial charge in [0.25, 0.3) is 0 Å². The van der Waals surface area contributed by atoms with E-state index in [0.29, 0.717) is 0 Å². The molecule has 6 heteroatoms. The monoisotopic (exact) mass is 278 g/mol. The van der Waals surface area contributed by atoms with Gasteiger partial charge in [0.1, 0.15) is 0 Å². The van der Waals surface area contributed by atoms with E-state index in [1.54, 1.807) is 0 Å². The number of anilines is 1. The minimum atomic E-state index is 0.725. The average Bonchev–Trinajstić information content (AvgIpc) is 2.72. The molecule has 0 bridgehead atoms. The first kappa shape index (κ1) is 15.1. The Hall–Kier alpha value is -1.27. The SMILES string of the molecule is CCc1nnc(N2CCCN(CCN)CC2)nc1CC. The van der Waals surface area contributed by atoms with Gasteiger partial charge in [0, 0.05) is 32.7 Å². The molecule has 0 aromatic carbocycles. The minimum Gasteiger partial charge on any atom is -0.338 e. The van der Waals surface area contributed by atoms with Gasteiger partial charge in [-0.05, 0) is 25.8 Å². The van der Waals surface area contributed by atoms with Crippen molar-refractivity contribution in [3.05, 3.63) is 11.4 Å². The van der Waals surface area contributed by atoms with E-state index in [1.165, 1.54) is 0 Å². The van der Waals surface area contributed by atoms with Crippen LogP contribution in [0.2, 0.25) is 0 Å². The molecule has 0 atom stereocenters. The molecule has 0 aliphatic carbocycles. The van der Waals surface area contributed by atoms with E-state index in [4.69, 9.17) is 10.7 Å². The fourth-order valence-electron chi connectivity index (χ4n) is 2.64. The van der Waals surface area contributed by atoms with Gasteiger partial charge in [-0.2, -0.15) is 5.10 Å². The molecule has 0 spiro atoms. The number of nitrogens with two attached hydrogens (primary N) is 1. The molecule has 0 radical (unpaired) electrons. The molecule has 1 aliphatic rings. The molecule has 0 saturated carbocycles. The summed E-state index contributed by atoms with van der Waals surface area (Å²) in [6, 6.07) is 0. The first-order chi connectivity index (χ1) is 9.78. The zero-order chi connectivity index (χ0) is 14.4. The standard InChI is InChI=1S/C14H26N6/c1-3-12-13(4-2)17-18-14(16-12)20-8-5-7-19(9-6-15)10-11-20/h3-11,15H2,1-2H3. The van der Waals surface area contributed by atoms with Crippen molar-refractivity contribution in [1.82, 2.24) is 20.1 Å². The van der Waals surface area contributed by atoms with E-state index in [9.17, 15) is 0 Å². The van der Waals surface area contributed by atoms with Gasteiger partial charge in [0.05, 0.1) is 11.4 Å². The van der Waals surface area contributed by atoms with Crippen molar-refractivity contribution < 1.29 is 0 Å². The quantitative estimate of drug-likeness (QED) is 0.844. The van der Waals surface area contributed by atoms with Crippen LogP contribution in [-0.2, 0) is 12.8 Å². The van der Waals surface area contributed by atoms with Crippen molar-refractivity contribution in [2.24, 2.45) is 5.73 Å². The number of aromatic nitrogens is 3. The molecule has 1 aromatic rings. The summed E-state index contributed by atoms with van der Waals surface area (Å²) in [5.41, 5.74) is 7.74. The Balaban J connectivity index is 2.07. The van der Waals surface area contributed by atoms with Gasteiger partial charge in [-0.25, -0.2) is 4.98 Å². The smallest absolute Gasteiger partial charge is 0.245 e. The molecule has 0 unspecified atom stereocenters. The summed E-state index contributed by atoms with van der Waals surface area (Å²) in [5.74, 6) is 0.786. The fraction of sp³-hybridized carbons (Fsp3) is 0.786. The molecule has 1 saturated heterocycles. The molecular weight excluding hydrogens is 252 g/mol. The maximum atomic E-state index is 5.64. The second kappa shape index (κ2) is 7.50. The molecular formula is C14H26N6. The maximum Gasteiger partial charge on any atom is 0.245 e. The van der Waals surface area contributed by atoms with Crippen LogP contribution < -0.4 is 10.6 Å². The van der Waals surface area contributed by atoms with Crippen molar-refractivity contribution in [3.8, 4) is 0 Å². The number of aryl methyl sites for hydroxylation is 2. The van der Waals surface area contributed by atoms with E-state index in [-0.39, 0.29) is 0 Å². The zero-order valence-corrected chi connectivity index (χ0v) is 12.7. The third-order valence-corrected chi connectivity index (χ3v) is 3.81. The van der Waals surface area contributed by atoms with E-state index in [1.807, 2.05) is 0 Å². The maximum absolute atomic E-state index is 5.64. The summed E-state index contributed by atoms with van der Waals surface area (Å²) in [7, 11) is 0. The first-order valence-corrected chi connectivity index (χ1v) is 7.68. The Labute approximate surface area is 121 Å². The lowest BCUT2D eigenvalue weighted by Gasteiger charge is -2.21. The molecule has 2 heterocycles. The van der Waals surface area contributed by atoms with Crippen LogP contribution in [0.4, 0.5) is 5.95 Å². The molecule has 1 aromatic heterocycles. The van der Waals surface area contributed by atoms with E-state index < -0.39 is 0 Å². The van der Waals surface area contributed by atoms with Gasteiger partial charge < -0.3 is 15.5 Å². The largest absolute Gasteiger partial charge is 0.338 e. The Morgan fingerprint density at radius 3 is 2.50 bits per heavy atom. The van der Waals surface area contributed by atoms with Gasteiger partial charge in [-0.15, -0.1) is 5.10 Å². The molecule has 20 heavy (non-hydrogen) atoms. The number of rotatable bonds is 5. The van der Waals surface area contributed by atoms with Crippen molar-refractivity contribution in [1.29, 1.82) is 0 Å². The lowest BCUT2D eigenvalue weighted by Crippen LogP contribution is -2.34. The third-order valence-electron chi connectivity index (χ3n) is 3.81. The Morgan fingerprint density at radius 1 is 1.00 bits per heavy atom. The van der Waals surface area contributed by atoms with Crippen LogP contribution in [0.1, 0.15) is 31.7 Å². The van der Waals surface area contributed by atoms with Crippen molar-refractivity contribution >= 4 is 5.95 Å². The lowest BCUT2D eigenvalue weighted by molar-refractivity contribution is 0.302. The van der Waals surface area contributed by atoms with Gasteiger partial charge >= 0.3 is 0 Å². The van der Waals surface area contributed by atoms with Gasteiger partial charge in [-0.3, -0.25) is 0 Å². The first-order valence-electron chi connectivity index (χ1n) is 7.68. The summed E-state index contributed by atoms with van der Waals surface area (Å²) in [6.07, 6.45) is 2.94. The van der Waals surface area contributed by atoms with Crippen LogP contribution in [0.5, 0.6) is 0 Å². The summed E-state index contributed by atoms with van der Waals surface area (Å²) in [5, 5.41) is 8.66. The molecule has 6 nitrogen and oxygen atoms in total. The predicted molar refractivity (Wildman–Crippen MR) is 80.9 cm³/mol. The highest BCUT2D eigenvalue weighted by Gasteiger charge is 2.17. The van der Waals surface area contributed by atoms with Crippen LogP contribution in [0.3, 0.4) is 0 Å². The summed E-state index contributed by atoms with van der Waals surface area (Å²) in [4.78, 5) is 9.37. The van der Waals surface area contributed by atoms with E-state index >= 15 is 0 Å². The molecule has 2 N–H and O–H groups in total. The molecule has 0 amide bonds. The molecule has 112 valence electrons. The minimum absolute atomic E-state index is 0.725. The number of nitrogens with zero attached hydrogens (tertiary/aromatic N) is 5. The van der Waals surface area contributed by atoms with Crippen LogP contribution in [-0.4, -0.2) is 59.3 Å². The van der Waals surface area contributed by atoms with E-state index in [2.05, 4.69) is 33.8 Å². The Morgan fingerprint density at radius 2 is 1.80 bits per heavy atom. The molecule has 1 fully saturated rings. The van der Waals surface area contributed by atoms with Crippen LogP contribution >= 0.6 is 0 Å². The van der Waals surface area contributed by atoms with Crippen LogP contribution in [0, 0.1) is 0 Å². The molecule has 1 aliphatic heterocycles.